The van der Waals surface area contributed by atoms with Crippen molar-refractivity contribution in [1.82, 2.24) is 0 Å². The second-order valence-corrected chi connectivity index (χ2v) is 2.64. The Kier molecular flexibility index (Phi) is 2.15. The summed E-state index contributed by atoms with van der Waals surface area (Å²) in [5.41, 5.74) is 0. The van der Waals surface area contributed by atoms with Gasteiger partial charge in [0.2, 0.25) is 0 Å². The number of ether oxygens (including phenoxy) is 1. The first-order valence-corrected chi connectivity index (χ1v) is 3.62. The highest BCUT2D eigenvalue weighted by atomic mass is 17.4. The summed E-state index contributed by atoms with van der Waals surface area (Å²) in [5, 5.41) is 0. The van der Waals surface area contributed by atoms with Crippen LogP contribution in [0.2, 0.25) is 0 Å². The maximum absolute atomic E-state index is 11.0. The Labute approximate surface area is 65.4 Å². The Hall–Kier alpha value is -0.610. The van der Waals surface area contributed by atoms with E-state index in [1.807, 2.05) is 13.8 Å². The Morgan fingerprint density at radius 1 is 1.64 bits per heavy atom. The second kappa shape index (κ2) is 2.79. The van der Waals surface area contributed by atoms with Crippen LogP contribution in [0.15, 0.2) is 0 Å². The van der Waals surface area contributed by atoms with E-state index in [2.05, 4.69) is 14.5 Å². The first-order chi connectivity index (χ1) is 5.17. The minimum atomic E-state index is -1.09. The summed E-state index contributed by atoms with van der Waals surface area (Å²) in [7, 11) is 1.32. The van der Waals surface area contributed by atoms with Crippen molar-refractivity contribution in [2.24, 2.45) is 5.92 Å². The monoisotopic (exact) mass is 160 g/mol. The van der Waals surface area contributed by atoms with Crippen LogP contribution < -0.4 is 0 Å². The first kappa shape index (κ1) is 8.49. The van der Waals surface area contributed by atoms with Crippen molar-refractivity contribution in [2.75, 3.05) is 7.11 Å². The van der Waals surface area contributed by atoms with Crippen LogP contribution in [0.3, 0.4) is 0 Å². The first-order valence-electron chi connectivity index (χ1n) is 3.62. The highest BCUT2D eigenvalue weighted by molar-refractivity contribution is 5.79. The summed E-state index contributed by atoms with van der Waals surface area (Å²) in [6.45, 7) is 3.84. The number of esters is 1. The van der Waals surface area contributed by atoms with Crippen LogP contribution in [0.1, 0.15) is 20.3 Å². The van der Waals surface area contributed by atoms with Crippen molar-refractivity contribution in [3.05, 3.63) is 0 Å². The standard InChI is InChI=1S/C7H12O4/c1-4-5(2)7(10-11-7)6(8)9-3/h5H,4H2,1-3H3. The third kappa shape index (κ3) is 1.23. The van der Waals surface area contributed by atoms with E-state index in [0.717, 1.165) is 6.42 Å². The topological polar surface area (TPSA) is 51.4 Å². The molecular formula is C7H12O4. The molecule has 0 spiro atoms. The van der Waals surface area contributed by atoms with Crippen LogP contribution in [-0.4, -0.2) is 18.9 Å². The third-order valence-corrected chi connectivity index (χ3v) is 1.99. The van der Waals surface area contributed by atoms with Gasteiger partial charge >= 0.3 is 11.8 Å². The number of hydrogen-bond donors (Lipinski definition) is 0. The molecule has 0 radical (unpaired) electrons. The van der Waals surface area contributed by atoms with Crippen molar-refractivity contribution in [3.63, 3.8) is 0 Å². The Bertz CT molecular complexity index is 162. The van der Waals surface area contributed by atoms with Gasteiger partial charge in [0.05, 0.1) is 7.11 Å². The summed E-state index contributed by atoms with van der Waals surface area (Å²) in [6, 6.07) is 0. The Morgan fingerprint density at radius 2 is 2.18 bits per heavy atom. The van der Waals surface area contributed by atoms with Gasteiger partial charge in [0.15, 0.2) is 0 Å². The summed E-state index contributed by atoms with van der Waals surface area (Å²) < 4.78 is 4.51. The summed E-state index contributed by atoms with van der Waals surface area (Å²) in [6.07, 6.45) is 0.815. The molecule has 1 aliphatic rings. The lowest BCUT2D eigenvalue weighted by Gasteiger charge is -2.10. The van der Waals surface area contributed by atoms with Crippen LogP contribution in [0.25, 0.3) is 0 Å². The molecule has 0 saturated carbocycles. The molecular weight excluding hydrogens is 148 g/mol. The van der Waals surface area contributed by atoms with Crippen molar-refractivity contribution in [3.8, 4) is 0 Å². The van der Waals surface area contributed by atoms with E-state index in [1.54, 1.807) is 0 Å². The van der Waals surface area contributed by atoms with E-state index >= 15 is 0 Å². The summed E-state index contributed by atoms with van der Waals surface area (Å²) in [4.78, 5) is 20.3. The normalized spacial score (nSPS) is 22.5. The van der Waals surface area contributed by atoms with Crippen LogP contribution in [0.5, 0.6) is 0 Å². The Morgan fingerprint density at radius 3 is 2.45 bits per heavy atom. The largest absolute Gasteiger partial charge is 0.465 e. The zero-order chi connectivity index (χ0) is 8.48. The maximum atomic E-state index is 11.0. The van der Waals surface area contributed by atoms with Gasteiger partial charge in [-0.05, 0) is 6.42 Å². The molecule has 4 heteroatoms. The van der Waals surface area contributed by atoms with Gasteiger partial charge in [-0.15, -0.1) is 0 Å². The molecule has 1 unspecified atom stereocenters. The highest BCUT2D eigenvalue weighted by Gasteiger charge is 2.61. The van der Waals surface area contributed by atoms with Gasteiger partial charge in [-0.3, -0.25) is 0 Å². The molecule has 4 nitrogen and oxygen atoms in total. The molecule has 0 N–H and O–H groups in total. The number of methoxy groups -OCH3 is 1. The van der Waals surface area contributed by atoms with Gasteiger partial charge < -0.3 is 4.74 Å². The van der Waals surface area contributed by atoms with Crippen molar-refractivity contribution >= 4 is 5.97 Å². The van der Waals surface area contributed by atoms with Crippen molar-refractivity contribution in [2.45, 2.75) is 26.1 Å². The predicted octanol–water partition coefficient (Wildman–Crippen LogP) is 0.864. The molecule has 0 aromatic carbocycles. The smallest absolute Gasteiger partial charge is 0.372 e. The minimum absolute atomic E-state index is 0.0370. The van der Waals surface area contributed by atoms with E-state index in [-0.39, 0.29) is 5.92 Å². The number of carbonyl (C=O) groups is 1. The van der Waals surface area contributed by atoms with Gasteiger partial charge in [0, 0.05) is 5.92 Å². The molecule has 0 aromatic rings. The second-order valence-electron chi connectivity index (χ2n) is 2.64. The van der Waals surface area contributed by atoms with Crippen LogP contribution in [0.4, 0.5) is 0 Å². The molecule has 0 amide bonds. The zero-order valence-electron chi connectivity index (χ0n) is 6.92. The molecule has 11 heavy (non-hydrogen) atoms. The lowest BCUT2D eigenvalue weighted by molar-refractivity contribution is -0.150. The quantitative estimate of drug-likeness (QED) is 0.349. The van der Waals surface area contributed by atoms with E-state index in [0.29, 0.717) is 0 Å². The molecule has 1 atom stereocenters. The number of rotatable bonds is 3. The minimum Gasteiger partial charge on any atom is -0.465 e. The van der Waals surface area contributed by atoms with E-state index in [9.17, 15) is 4.79 Å². The van der Waals surface area contributed by atoms with Gasteiger partial charge in [-0.1, -0.05) is 13.8 Å². The number of carbonyl (C=O) groups excluding carboxylic acids is 1. The van der Waals surface area contributed by atoms with Gasteiger partial charge in [0.1, 0.15) is 0 Å². The molecule has 1 saturated heterocycles. The molecule has 0 aromatic heterocycles. The van der Waals surface area contributed by atoms with E-state index < -0.39 is 11.8 Å². The Balaban J connectivity index is 2.59. The molecule has 1 fully saturated rings. The van der Waals surface area contributed by atoms with Gasteiger partial charge in [-0.2, -0.15) is 9.78 Å². The fraction of sp³-hybridized carbons (Fsp3) is 0.857. The molecule has 0 aliphatic carbocycles. The van der Waals surface area contributed by atoms with E-state index in [4.69, 9.17) is 0 Å². The average Bonchev–Trinajstić information content (AvgIpc) is 2.82. The average molecular weight is 160 g/mol. The zero-order valence-corrected chi connectivity index (χ0v) is 6.92. The van der Waals surface area contributed by atoms with Crippen LogP contribution in [-0.2, 0) is 19.3 Å². The highest BCUT2D eigenvalue weighted by Crippen LogP contribution is 2.39. The van der Waals surface area contributed by atoms with Crippen molar-refractivity contribution in [1.29, 1.82) is 0 Å². The third-order valence-electron chi connectivity index (χ3n) is 1.99. The number of hydrogen-bond acceptors (Lipinski definition) is 4. The lowest BCUT2D eigenvalue weighted by atomic mass is 10.00. The van der Waals surface area contributed by atoms with Gasteiger partial charge in [0.25, 0.3) is 0 Å². The fourth-order valence-corrected chi connectivity index (χ4v) is 0.889. The molecule has 1 aliphatic heterocycles. The van der Waals surface area contributed by atoms with Crippen LogP contribution >= 0.6 is 0 Å². The van der Waals surface area contributed by atoms with Crippen molar-refractivity contribution < 1.29 is 19.3 Å². The lowest BCUT2D eigenvalue weighted by Crippen LogP contribution is -2.32. The fourth-order valence-electron chi connectivity index (χ4n) is 0.889. The molecule has 64 valence electrons. The SMILES string of the molecule is CCC(C)C1(C(=O)OC)OO1. The molecule has 1 rings (SSSR count). The predicted molar refractivity (Wildman–Crippen MR) is 36.4 cm³/mol. The van der Waals surface area contributed by atoms with Gasteiger partial charge in [-0.25, -0.2) is 4.79 Å². The summed E-state index contributed by atoms with van der Waals surface area (Å²) in [5.74, 6) is -1.51. The summed E-state index contributed by atoms with van der Waals surface area (Å²) >= 11 is 0. The maximum Gasteiger partial charge on any atom is 0.372 e. The van der Waals surface area contributed by atoms with E-state index in [1.165, 1.54) is 7.11 Å². The molecule has 1 heterocycles. The molecule has 0 bridgehead atoms. The van der Waals surface area contributed by atoms with Crippen LogP contribution in [0, 0.1) is 5.92 Å².